The molecule has 3 aromatic carbocycles. The average molecular weight is 602 g/mol. The molecule has 1 fully saturated rings. The summed E-state index contributed by atoms with van der Waals surface area (Å²) in [6.45, 7) is 0.284. The van der Waals surface area contributed by atoms with Gasteiger partial charge in [-0.3, -0.25) is 4.79 Å². The number of amides is 2. The highest BCUT2D eigenvalue weighted by molar-refractivity contribution is 5.99. The van der Waals surface area contributed by atoms with Crippen LogP contribution >= 0.6 is 0 Å². The Labute approximate surface area is 260 Å². The number of carbonyl (C=O) groups excluding carboxylic acids is 2. The van der Waals surface area contributed by atoms with Gasteiger partial charge < -0.3 is 18.3 Å². The Bertz CT molecular complexity index is 1770. The minimum Gasteiger partial charge on any atom is -0.487 e. The SMILES string of the molecule is O=C1OC(CCCc2ccc(OCc3coc(/C=C/c4ccccc4)n3)cc2)C(=O)N1Cc1coc(/C=C/c2ccccc2)n1. The molecule has 226 valence electrons. The van der Waals surface area contributed by atoms with Crippen molar-refractivity contribution in [3.8, 4) is 5.75 Å². The summed E-state index contributed by atoms with van der Waals surface area (Å²) in [6, 6.07) is 27.5. The van der Waals surface area contributed by atoms with Crippen LogP contribution in [0.25, 0.3) is 24.3 Å². The zero-order valence-corrected chi connectivity index (χ0v) is 24.5. The molecule has 5 aromatic rings. The molecule has 6 rings (SSSR count). The minimum atomic E-state index is -0.806. The van der Waals surface area contributed by atoms with E-state index in [1.807, 2.05) is 103 Å². The van der Waals surface area contributed by atoms with E-state index in [0.717, 1.165) is 28.0 Å². The average Bonchev–Trinajstić information content (AvgIpc) is 3.80. The van der Waals surface area contributed by atoms with Crippen molar-refractivity contribution in [3.63, 3.8) is 0 Å². The van der Waals surface area contributed by atoms with E-state index in [9.17, 15) is 9.59 Å². The zero-order valence-electron chi connectivity index (χ0n) is 24.5. The van der Waals surface area contributed by atoms with E-state index >= 15 is 0 Å². The van der Waals surface area contributed by atoms with Gasteiger partial charge in [0.25, 0.3) is 5.91 Å². The predicted octanol–water partition coefficient (Wildman–Crippen LogP) is 7.45. The lowest BCUT2D eigenvalue weighted by molar-refractivity contribution is -0.130. The third kappa shape index (κ3) is 8.03. The van der Waals surface area contributed by atoms with Crippen molar-refractivity contribution < 1.29 is 27.9 Å². The summed E-state index contributed by atoms with van der Waals surface area (Å²) < 4.78 is 22.2. The number of nitrogens with zero attached hydrogens (tertiary/aromatic N) is 3. The van der Waals surface area contributed by atoms with Gasteiger partial charge in [-0.25, -0.2) is 19.7 Å². The first-order chi connectivity index (χ1) is 22.1. The Morgan fingerprint density at radius 1 is 0.733 bits per heavy atom. The van der Waals surface area contributed by atoms with Crippen LogP contribution in [0.1, 0.15) is 52.7 Å². The summed E-state index contributed by atoms with van der Waals surface area (Å²) in [7, 11) is 0. The molecule has 0 radical (unpaired) electrons. The van der Waals surface area contributed by atoms with Crippen LogP contribution < -0.4 is 4.74 Å². The Hall–Kier alpha value is -5.70. The Morgan fingerprint density at radius 2 is 1.33 bits per heavy atom. The number of benzene rings is 3. The highest BCUT2D eigenvalue weighted by atomic mass is 16.6. The standard InChI is InChI=1S/C36H31N3O6/c40-35-32(45-36(41)39(35)22-29-23-43-33(37-29)20-16-26-8-3-1-4-9-26)13-7-12-28-14-18-31(19-15-28)42-24-30-25-44-34(38-30)21-17-27-10-5-2-6-11-27/h1-6,8-11,14-21,23,25,32H,7,12-13,22,24H2/b20-16+,21-17+. The van der Waals surface area contributed by atoms with Crippen molar-refractivity contribution >= 4 is 36.3 Å². The lowest BCUT2D eigenvalue weighted by Crippen LogP contribution is -2.31. The highest BCUT2D eigenvalue weighted by Crippen LogP contribution is 2.22. The molecule has 0 spiro atoms. The van der Waals surface area contributed by atoms with Crippen molar-refractivity contribution in [1.29, 1.82) is 0 Å². The van der Waals surface area contributed by atoms with Crippen LogP contribution in [0.2, 0.25) is 0 Å². The number of carbonyl (C=O) groups is 2. The third-order valence-corrected chi connectivity index (χ3v) is 7.14. The molecule has 0 N–H and O–H groups in total. The lowest BCUT2D eigenvalue weighted by Gasteiger charge is -2.09. The second-order valence-electron chi connectivity index (χ2n) is 10.5. The highest BCUT2D eigenvalue weighted by Gasteiger charge is 2.40. The Balaban J connectivity index is 0.927. The van der Waals surface area contributed by atoms with Gasteiger partial charge in [-0.05, 0) is 60.2 Å². The van der Waals surface area contributed by atoms with E-state index in [1.165, 1.54) is 6.26 Å². The number of imide groups is 1. The summed E-state index contributed by atoms with van der Waals surface area (Å²) in [5, 5.41) is 0. The van der Waals surface area contributed by atoms with Crippen molar-refractivity contribution in [2.24, 2.45) is 0 Å². The molecule has 0 bridgehead atoms. The van der Waals surface area contributed by atoms with Crippen LogP contribution in [0.15, 0.2) is 106 Å². The topological polar surface area (TPSA) is 108 Å². The molecule has 1 saturated heterocycles. The van der Waals surface area contributed by atoms with E-state index in [2.05, 4.69) is 9.97 Å². The van der Waals surface area contributed by atoms with E-state index < -0.39 is 12.2 Å². The quantitative estimate of drug-likeness (QED) is 0.137. The summed E-state index contributed by atoms with van der Waals surface area (Å²) in [5.41, 5.74) is 4.33. The zero-order chi connectivity index (χ0) is 30.8. The van der Waals surface area contributed by atoms with Gasteiger partial charge in [-0.15, -0.1) is 0 Å². The first-order valence-corrected chi connectivity index (χ1v) is 14.7. The number of oxazole rings is 2. The van der Waals surface area contributed by atoms with Crippen molar-refractivity contribution in [1.82, 2.24) is 14.9 Å². The molecule has 9 nitrogen and oxygen atoms in total. The maximum atomic E-state index is 12.9. The van der Waals surface area contributed by atoms with Crippen LogP contribution in [-0.2, 0) is 29.1 Å². The van der Waals surface area contributed by atoms with Gasteiger partial charge in [-0.2, -0.15) is 0 Å². The van der Waals surface area contributed by atoms with Crippen molar-refractivity contribution in [2.75, 3.05) is 0 Å². The number of hydrogen-bond donors (Lipinski definition) is 0. The fraction of sp³-hybridized carbons (Fsp3) is 0.167. The van der Waals surface area contributed by atoms with Crippen molar-refractivity contribution in [3.05, 3.63) is 137 Å². The molecule has 2 amide bonds. The lowest BCUT2D eigenvalue weighted by atomic mass is 10.1. The second-order valence-corrected chi connectivity index (χ2v) is 10.5. The van der Waals surface area contributed by atoms with Gasteiger partial charge in [0.15, 0.2) is 6.10 Å². The molecule has 2 aromatic heterocycles. The van der Waals surface area contributed by atoms with Crippen LogP contribution in [0, 0.1) is 0 Å². The molecule has 0 aliphatic carbocycles. The molecule has 1 atom stereocenters. The number of hydrogen-bond acceptors (Lipinski definition) is 8. The van der Waals surface area contributed by atoms with Gasteiger partial charge in [0, 0.05) is 12.2 Å². The summed E-state index contributed by atoms with van der Waals surface area (Å²) >= 11 is 0. The van der Waals surface area contributed by atoms with Crippen molar-refractivity contribution in [2.45, 2.75) is 38.5 Å². The molecule has 9 heteroatoms. The minimum absolute atomic E-state index is 0.00164. The molecule has 1 aliphatic rings. The van der Waals surface area contributed by atoms with Crippen LogP contribution in [0.3, 0.4) is 0 Å². The molecular weight excluding hydrogens is 570 g/mol. The molecule has 1 unspecified atom stereocenters. The molecule has 45 heavy (non-hydrogen) atoms. The number of cyclic esters (lactones) is 1. The molecule has 3 heterocycles. The van der Waals surface area contributed by atoms with Gasteiger partial charge in [0.1, 0.15) is 30.6 Å². The summed E-state index contributed by atoms with van der Waals surface area (Å²) in [5.74, 6) is 1.26. The largest absolute Gasteiger partial charge is 0.487 e. The molecule has 0 saturated carbocycles. The smallest absolute Gasteiger partial charge is 0.417 e. The number of aromatic nitrogens is 2. The number of aryl methyl sites for hydroxylation is 1. The van der Waals surface area contributed by atoms with E-state index in [0.29, 0.717) is 41.8 Å². The maximum Gasteiger partial charge on any atom is 0.417 e. The van der Waals surface area contributed by atoms with Gasteiger partial charge in [0.2, 0.25) is 11.8 Å². The first kappa shape index (κ1) is 29.4. The monoisotopic (exact) mass is 601 g/mol. The fourth-order valence-corrected chi connectivity index (χ4v) is 4.79. The van der Waals surface area contributed by atoms with Gasteiger partial charge in [0.05, 0.1) is 12.2 Å². The van der Waals surface area contributed by atoms with Crippen LogP contribution in [0.4, 0.5) is 4.79 Å². The summed E-state index contributed by atoms with van der Waals surface area (Å²) in [6.07, 6.45) is 10.8. The van der Waals surface area contributed by atoms with Gasteiger partial charge >= 0.3 is 6.09 Å². The van der Waals surface area contributed by atoms with Gasteiger partial charge in [-0.1, -0.05) is 72.8 Å². The van der Waals surface area contributed by atoms with Crippen LogP contribution in [0.5, 0.6) is 5.75 Å². The maximum absolute atomic E-state index is 12.9. The number of ether oxygens (including phenoxy) is 2. The normalized spacial score (nSPS) is 14.9. The number of rotatable bonds is 13. The Kier molecular flexibility index (Phi) is 9.26. The van der Waals surface area contributed by atoms with E-state index in [-0.39, 0.29) is 19.1 Å². The van der Waals surface area contributed by atoms with Crippen LogP contribution in [-0.4, -0.2) is 33.0 Å². The second kappa shape index (κ2) is 14.2. The summed E-state index contributed by atoms with van der Waals surface area (Å²) in [4.78, 5) is 35.2. The molecular formula is C36H31N3O6. The third-order valence-electron chi connectivity index (χ3n) is 7.14. The molecule has 1 aliphatic heterocycles. The Morgan fingerprint density at radius 3 is 1.98 bits per heavy atom. The van der Waals surface area contributed by atoms with E-state index in [4.69, 9.17) is 18.3 Å². The fourth-order valence-electron chi connectivity index (χ4n) is 4.79. The van der Waals surface area contributed by atoms with E-state index in [1.54, 1.807) is 12.3 Å². The first-order valence-electron chi connectivity index (χ1n) is 14.7. The predicted molar refractivity (Wildman–Crippen MR) is 168 cm³/mol.